The van der Waals surface area contributed by atoms with Crippen LogP contribution in [0.25, 0.3) is 0 Å². The molecule has 0 aromatic heterocycles. The fourth-order valence-electron chi connectivity index (χ4n) is 2.98. The molecule has 0 atom stereocenters. The minimum Gasteiger partial charge on any atom is -0.491 e. The van der Waals surface area contributed by atoms with Crippen LogP contribution in [0.15, 0.2) is 12.7 Å². The lowest BCUT2D eigenvalue weighted by Crippen LogP contribution is -2.70. The second kappa shape index (κ2) is 11.5. The van der Waals surface area contributed by atoms with Crippen molar-refractivity contribution < 1.29 is 25.7 Å². The summed E-state index contributed by atoms with van der Waals surface area (Å²) in [5.41, 5.74) is -0.0934. The Morgan fingerprint density at radius 3 is 1.26 bits per heavy atom. The summed E-state index contributed by atoms with van der Waals surface area (Å²) in [5, 5.41) is -0.183. The highest BCUT2D eigenvalue weighted by molar-refractivity contribution is 6.93. The van der Waals surface area contributed by atoms with E-state index in [0.717, 1.165) is 0 Å². The molecule has 0 spiro atoms. The SMILES string of the molecule is C=CC(=O)O[Si](O[Si](O[Si](C)(C)C)(O[Si](C)(C)C(C)(C)C)O[Si](C)(C)C(C)(C)C)(C(C)C)C(C)C. The lowest BCUT2D eigenvalue weighted by Gasteiger charge is -2.51. The lowest BCUT2D eigenvalue weighted by molar-refractivity contribution is -0.131. The van der Waals surface area contributed by atoms with Crippen molar-refractivity contribution in [3.05, 3.63) is 12.7 Å². The van der Waals surface area contributed by atoms with Crippen molar-refractivity contribution in [2.24, 2.45) is 0 Å². The summed E-state index contributed by atoms with van der Waals surface area (Å²) in [5.74, 6) is -0.477. The normalized spacial score (nSPS) is 15.1. The highest BCUT2D eigenvalue weighted by Gasteiger charge is 2.65. The zero-order valence-electron chi connectivity index (χ0n) is 25.9. The minimum atomic E-state index is -3.83. The fourth-order valence-corrected chi connectivity index (χ4v) is 22.5. The molecule has 0 fully saturated rings. The van der Waals surface area contributed by atoms with E-state index in [1.807, 2.05) is 0 Å². The van der Waals surface area contributed by atoms with E-state index in [9.17, 15) is 4.79 Å². The van der Waals surface area contributed by atoms with Gasteiger partial charge in [-0.3, -0.25) is 0 Å². The predicted octanol–water partition coefficient (Wildman–Crippen LogP) is 8.33. The van der Waals surface area contributed by atoms with Crippen LogP contribution in [0.5, 0.6) is 0 Å². The first-order chi connectivity index (χ1) is 15.2. The summed E-state index contributed by atoms with van der Waals surface area (Å²) in [6.07, 6.45) is 1.21. The summed E-state index contributed by atoms with van der Waals surface area (Å²) < 4.78 is 34.7. The molecule has 0 unspecified atom stereocenters. The third-order valence-electron chi connectivity index (χ3n) is 7.12. The summed E-state index contributed by atoms with van der Waals surface area (Å²) in [7, 11) is -14.2. The van der Waals surface area contributed by atoms with Crippen molar-refractivity contribution in [1.29, 1.82) is 0 Å². The predicted molar refractivity (Wildman–Crippen MR) is 160 cm³/mol. The molecule has 0 aliphatic heterocycles. The third-order valence-corrected chi connectivity index (χ3v) is 29.9. The van der Waals surface area contributed by atoms with Gasteiger partial charge in [0, 0.05) is 17.2 Å². The zero-order chi connectivity index (χ0) is 28.5. The first-order valence-corrected chi connectivity index (χ1v) is 25.7. The van der Waals surface area contributed by atoms with Gasteiger partial charge in [-0.25, -0.2) is 4.79 Å². The summed E-state index contributed by atoms with van der Waals surface area (Å²) in [6.45, 7) is 40.2. The van der Waals surface area contributed by atoms with E-state index in [-0.39, 0.29) is 21.2 Å². The molecular formula is C24H56O6Si5. The van der Waals surface area contributed by atoms with Crippen molar-refractivity contribution in [2.75, 3.05) is 0 Å². The molecule has 0 amide bonds. The Balaban J connectivity index is 7.35. The summed E-state index contributed by atoms with van der Waals surface area (Å²) in [4.78, 5) is 12.6. The van der Waals surface area contributed by atoms with Gasteiger partial charge < -0.3 is 20.9 Å². The maximum absolute atomic E-state index is 12.6. The van der Waals surface area contributed by atoms with Gasteiger partial charge >= 0.3 is 23.6 Å². The molecule has 0 saturated carbocycles. The maximum Gasteiger partial charge on any atom is 0.639 e. The van der Waals surface area contributed by atoms with Gasteiger partial charge in [0.25, 0.3) is 0 Å². The molecule has 11 heteroatoms. The highest BCUT2D eigenvalue weighted by atomic mass is 28.5. The molecule has 0 radical (unpaired) electrons. The Kier molecular flexibility index (Phi) is 11.5. The maximum atomic E-state index is 12.6. The second-order valence-corrected chi connectivity index (χ2v) is 35.7. The van der Waals surface area contributed by atoms with Gasteiger partial charge in [0.2, 0.25) is 0 Å². The van der Waals surface area contributed by atoms with Crippen LogP contribution in [-0.2, 0) is 25.7 Å². The molecule has 6 nitrogen and oxygen atoms in total. The van der Waals surface area contributed by atoms with Crippen LogP contribution >= 0.6 is 0 Å². The number of rotatable bonds is 12. The van der Waals surface area contributed by atoms with Gasteiger partial charge in [-0.15, -0.1) is 0 Å². The molecule has 0 heterocycles. The largest absolute Gasteiger partial charge is 0.639 e. The number of hydrogen-bond acceptors (Lipinski definition) is 6. The molecule has 0 aromatic carbocycles. The molecule has 0 aliphatic carbocycles. The van der Waals surface area contributed by atoms with Crippen molar-refractivity contribution in [3.63, 3.8) is 0 Å². The summed E-state index contributed by atoms with van der Waals surface area (Å²) in [6, 6.07) is 0. The zero-order valence-corrected chi connectivity index (χ0v) is 30.9. The van der Waals surface area contributed by atoms with Gasteiger partial charge in [0.05, 0.1) is 0 Å². The average molecular weight is 581 g/mol. The molecule has 0 aliphatic rings. The standard InChI is InChI=1S/C24H56O6Si5/c1-19-22(25)26-34(20(2)3,21(4)5)30-35(27-31(12,13)14,28-32(15,16)23(6,7)8)29-33(17,18)24(9,10)11/h19-21H,1H2,2-18H3. The Labute approximate surface area is 222 Å². The van der Waals surface area contributed by atoms with Gasteiger partial charge in [0.15, 0.2) is 25.0 Å². The Morgan fingerprint density at radius 2 is 1.03 bits per heavy atom. The van der Waals surface area contributed by atoms with E-state index in [2.05, 4.69) is 122 Å². The van der Waals surface area contributed by atoms with E-state index in [0.29, 0.717) is 0 Å². The van der Waals surface area contributed by atoms with Crippen LogP contribution in [0.3, 0.4) is 0 Å². The lowest BCUT2D eigenvalue weighted by atomic mass is 10.2. The van der Waals surface area contributed by atoms with Crippen LogP contribution in [0.1, 0.15) is 69.2 Å². The average Bonchev–Trinajstić information content (AvgIpc) is 2.55. The fraction of sp³-hybridized carbons (Fsp3) is 0.875. The molecule has 0 aromatic rings. The highest BCUT2D eigenvalue weighted by Crippen LogP contribution is 2.46. The van der Waals surface area contributed by atoms with Crippen LogP contribution in [0, 0.1) is 0 Å². The van der Waals surface area contributed by atoms with Crippen molar-refractivity contribution in [2.45, 2.75) is 136 Å². The monoisotopic (exact) mass is 580 g/mol. The van der Waals surface area contributed by atoms with Crippen LogP contribution in [-0.4, -0.2) is 48.5 Å². The van der Waals surface area contributed by atoms with E-state index in [4.69, 9.17) is 20.9 Å². The summed E-state index contributed by atoms with van der Waals surface area (Å²) >= 11 is 0. The molecule has 208 valence electrons. The van der Waals surface area contributed by atoms with Gasteiger partial charge in [-0.05, 0) is 55.9 Å². The Bertz CT molecular complexity index is 694. The number of hydrogen-bond donors (Lipinski definition) is 0. The van der Waals surface area contributed by atoms with E-state index >= 15 is 0 Å². The first kappa shape index (κ1) is 35.1. The van der Waals surface area contributed by atoms with Crippen molar-refractivity contribution in [3.8, 4) is 0 Å². The third kappa shape index (κ3) is 9.43. The van der Waals surface area contributed by atoms with Crippen LogP contribution in [0.4, 0.5) is 0 Å². The Hall–Kier alpha value is 0.134. The van der Waals surface area contributed by atoms with Crippen LogP contribution < -0.4 is 0 Å². The van der Waals surface area contributed by atoms with E-state index in [1.54, 1.807) is 0 Å². The number of carbonyl (C=O) groups excluding carboxylic acids is 1. The van der Waals surface area contributed by atoms with Gasteiger partial charge in [0.1, 0.15) is 0 Å². The quantitative estimate of drug-likeness (QED) is 0.171. The molecule has 0 N–H and O–H groups in total. The Morgan fingerprint density at radius 1 is 0.686 bits per heavy atom. The van der Waals surface area contributed by atoms with Gasteiger partial charge in [-0.2, -0.15) is 0 Å². The topological polar surface area (TPSA) is 63.2 Å². The molecule has 0 rings (SSSR count). The smallest absolute Gasteiger partial charge is 0.491 e. The van der Waals surface area contributed by atoms with Gasteiger partial charge in [-0.1, -0.05) is 75.8 Å². The molecule has 0 bridgehead atoms. The first-order valence-electron chi connectivity index (χ1n) is 12.8. The molecule has 35 heavy (non-hydrogen) atoms. The van der Waals surface area contributed by atoms with Crippen molar-refractivity contribution >= 4 is 48.5 Å². The number of carbonyl (C=O) groups is 1. The minimum absolute atomic E-state index is 0.0467. The van der Waals surface area contributed by atoms with E-state index < -0.39 is 48.5 Å². The van der Waals surface area contributed by atoms with Crippen molar-refractivity contribution in [1.82, 2.24) is 0 Å². The second-order valence-electron chi connectivity index (χ2n) is 14.2. The van der Waals surface area contributed by atoms with Crippen LogP contribution in [0.2, 0.25) is 67.0 Å². The molecule has 0 saturated heterocycles. The molecular weight excluding hydrogens is 525 g/mol. The van der Waals surface area contributed by atoms with E-state index in [1.165, 1.54) is 6.08 Å².